The maximum absolute atomic E-state index is 12.1. The highest BCUT2D eigenvalue weighted by Gasteiger charge is 2.23. The lowest BCUT2D eigenvalue weighted by Gasteiger charge is -2.38. The van der Waals surface area contributed by atoms with Crippen molar-refractivity contribution in [1.29, 1.82) is 0 Å². The van der Waals surface area contributed by atoms with E-state index in [4.69, 9.17) is 9.72 Å². The van der Waals surface area contributed by atoms with Crippen molar-refractivity contribution in [2.75, 3.05) is 70.2 Å². The third-order valence-electron chi connectivity index (χ3n) is 6.65. The number of nitrogens with one attached hydrogen (secondary N) is 3. The molecule has 3 aromatic rings. The number of benzene rings is 1. The van der Waals surface area contributed by atoms with Gasteiger partial charge in [0.1, 0.15) is 5.82 Å². The monoisotopic (exact) mass is 518 g/mol. The third kappa shape index (κ3) is 7.70. The molecule has 1 aromatic carbocycles. The molecule has 38 heavy (non-hydrogen) atoms. The summed E-state index contributed by atoms with van der Waals surface area (Å²) in [6, 6.07) is 14.5. The Morgan fingerprint density at radius 2 is 1.95 bits per heavy atom. The van der Waals surface area contributed by atoms with E-state index in [1.54, 1.807) is 13.3 Å². The minimum absolute atomic E-state index is 0.0513. The van der Waals surface area contributed by atoms with Gasteiger partial charge in [0.15, 0.2) is 0 Å². The Kier molecular flexibility index (Phi) is 9.97. The second-order valence-corrected chi connectivity index (χ2v) is 9.31. The zero-order valence-corrected chi connectivity index (χ0v) is 22.5. The summed E-state index contributed by atoms with van der Waals surface area (Å²) in [7, 11) is 1.63. The minimum atomic E-state index is 0.0513. The van der Waals surface area contributed by atoms with E-state index in [0.717, 1.165) is 55.5 Å². The van der Waals surface area contributed by atoms with Crippen molar-refractivity contribution >= 4 is 23.4 Å². The summed E-state index contributed by atoms with van der Waals surface area (Å²) in [6.07, 6.45) is 3.58. The maximum Gasteiger partial charge on any atom is 0.234 e. The minimum Gasteiger partial charge on any atom is -0.383 e. The predicted octanol–water partition coefficient (Wildman–Crippen LogP) is 3.16. The molecule has 2 aromatic heterocycles. The van der Waals surface area contributed by atoms with E-state index in [1.807, 2.05) is 37.4 Å². The molecule has 0 radical (unpaired) electrons. The molecule has 202 valence electrons. The van der Waals surface area contributed by atoms with Crippen LogP contribution in [0.25, 0.3) is 11.3 Å². The summed E-state index contributed by atoms with van der Waals surface area (Å²) in [4.78, 5) is 30.3. The van der Waals surface area contributed by atoms with Crippen LogP contribution in [-0.2, 0) is 9.53 Å². The van der Waals surface area contributed by atoms with Gasteiger partial charge in [-0.25, -0.2) is 15.0 Å². The number of amides is 1. The fourth-order valence-electron chi connectivity index (χ4n) is 4.49. The number of piperazine rings is 1. The highest BCUT2D eigenvalue weighted by atomic mass is 16.5. The van der Waals surface area contributed by atoms with Crippen LogP contribution in [0.2, 0.25) is 0 Å². The second-order valence-electron chi connectivity index (χ2n) is 9.31. The number of rotatable bonds is 12. The van der Waals surface area contributed by atoms with Crippen LogP contribution in [0, 0.1) is 0 Å². The van der Waals surface area contributed by atoms with Gasteiger partial charge in [-0.3, -0.25) is 14.6 Å². The number of hydrogen-bond donors (Lipinski definition) is 3. The van der Waals surface area contributed by atoms with Crippen LogP contribution in [0.4, 0.5) is 17.5 Å². The number of carbonyl (C=O) groups is 1. The van der Waals surface area contributed by atoms with E-state index >= 15 is 0 Å². The first kappa shape index (κ1) is 27.4. The standard InChI is InChI=1S/C28H38N8O2/c1-4-29-26-9-8-23(19-32-26)25-10-11-31-28(34-25)33-24-7-5-6-22(18-24)21(2)36-15-13-35(14-16-36)20-27(37)30-12-17-38-3/h5-11,18-19,21H,4,12-17,20H2,1-3H3,(H,29,32)(H,30,37)(H,31,33,34). The Morgan fingerprint density at radius 1 is 1.11 bits per heavy atom. The topological polar surface area (TPSA) is 108 Å². The molecule has 10 heteroatoms. The Labute approximate surface area is 224 Å². The summed E-state index contributed by atoms with van der Waals surface area (Å²) in [5, 5.41) is 9.46. The number of anilines is 3. The van der Waals surface area contributed by atoms with E-state index in [9.17, 15) is 4.79 Å². The number of pyridine rings is 1. The van der Waals surface area contributed by atoms with E-state index in [1.165, 1.54) is 5.56 Å². The molecule has 1 amide bonds. The molecule has 4 rings (SSSR count). The number of hydrogen-bond acceptors (Lipinski definition) is 9. The van der Waals surface area contributed by atoms with Crippen LogP contribution in [0.5, 0.6) is 0 Å². The largest absolute Gasteiger partial charge is 0.383 e. The molecule has 1 saturated heterocycles. The third-order valence-corrected chi connectivity index (χ3v) is 6.65. The average molecular weight is 519 g/mol. The Balaban J connectivity index is 1.33. The summed E-state index contributed by atoms with van der Waals surface area (Å²) >= 11 is 0. The summed E-state index contributed by atoms with van der Waals surface area (Å²) in [5.74, 6) is 1.44. The van der Waals surface area contributed by atoms with Gasteiger partial charge in [-0.2, -0.15) is 0 Å². The van der Waals surface area contributed by atoms with Gasteiger partial charge in [-0.05, 0) is 49.7 Å². The molecule has 3 heterocycles. The maximum atomic E-state index is 12.1. The van der Waals surface area contributed by atoms with Crippen LogP contribution < -0.4 is 16.0 Å². The van der Waals surface area contributed by atoms with Crippen molar-refractivity contribution < 1.29 is 9.53 Å². The lowest BCUT2D eigenvalue weighted by molar-refractivity contribution is -0.122. The van der Waals surface area contributed by atoms with Crippen molar-refractivity contribution in [3.05, 3.63) is 60.4 Å². The van der Waals surface area contributed by atoms with Gasteiger partial charge in [0, 0.05) is 76.1 Å². The smallest absolute Gasteiger partial charge is 0.234 e. The van der Waals surface area contributed by atoms with Crippen LogP contribution in [0.3, 0.4) is 0 Å². The average Bonchev–Trinajstić information content (AvgIpc) is 2.94. The molecule has 10 nitrogen and oxygen atoms in total. The zero-order valence-electron chi connectivity index (χ0n) is 22.5. The van der Waals surface area contributed by atoms with E-state index in [2.05, 4.69) is 60.8 Å². The van der Waals surface area contributed by atoms with Gasteiger partial charge in [-0.1, -0.05) is 12.1 Å². The molecule has 0 saturated carbocycles. The Morgan fingerprint density at radius 3 is 2.68 bits per heavy atom. The van der Waals surface area contributed by atoms with Gasteiger partial charge in [0.05, 0.1) is 18.8 Å². The van der Waals surface area contributed by atoms with E-state index in [0.29, 0.717) is 25.6 Å². The fourth-order valence-corrected chi connectivity index (χ4v) is 4.49. The van der Waals surface area contributed by atoms with Crippen LogP contribution in [0.1, 0.15) is 25.5 Å². The molecule has 1 unspecified atom stereocenters. The van der Waals surface area contributed by atoms with Crippen molar-refractivity contribution in [1.82, 2.24) is 30.1 Å². The summed E-state index contributed by atoms with van der Waals surface area (Å²) in [5.41, 5.74) is 3.91. The first-order chi connectivity index (χ1) is 18.6. The lowest BCUT2D eigenvalue weighted by atomic mass is 10.1. The predicted molar refractivity (Wildman–Crippen MR) is 150 cm³/mol. The van der Waals surface area contributed by atoms with Gasteiger partial charge in [0.25, 0.3) is 0 Å². The van der Waals surface area contributed by atoms with Crippen LogP contribution in [0.15, 0.2) is 54.9 Å². The zero-order chi connectivity index (χ0) is 26.7. The van der Waals surface area contributed by atoms with Crippen molar-refractivity contribution in [3.63, 3.8) is 0 Å². The second kappa shape index (κ2) is 13.8. The summed E-state index contributed by atoms with van der Waals surface area (Å²) in [6.45, 7) is 10.2. The molecule has 1 atom stereocenters. The van der Waals surface area contributed by atoms with Crippen molar-refractivity contribution in [2.45, 2.75) is 19.9 Å². The van der Waals surface area contributed by atoms with E-state index < -0.39 is 0 Å². The van der Waals surface area contributed by atoms with Crippen LogP contribution >= 0.6 is 0 Å². The Hall–Kier alpha value is -3.60. The molecule has 1 fully saturated rings. The van der Waals surface area contributed by atoms with Crippen molar-refractivity contribution in [3.8, 4) is 11.3 Å². The van der Waals surface area contributed by atoms with Gasteiger partial charge in [-0.15, -0.1) is 0 Å². The number of methoxy groups -OCH3 is 1. The molecule has 1 aliphatic rings. The highest BCUT2D eigenvalue weighted by molar-refractivity contribution is 5.78. The first-order valence-corrected chi connectivity index (χ1v) is 13.2. The van der Waals surface area contributed by atoms with E-state index in [-0.39, 0.29) is 11.9 Å². The highest BCUT2D eigenvalue weighted by Crippen LogP contribution is 2.26. The molecule has 3 N–H and O–H groups in total. The molecule has 0 aliphatic carbocycles. The molecular formula is C28H38N8O2. The quantitative estimate of drug-likeness (QED) is 0.312. The summed E-state index contributed by atoms with van der Waals surface area (Å²) < 4.78 is 4.99. The number of ether oxygens (including phenoxy) is 1. The SMILES string of the molecule is CCNc1ccc(-c2ccnc(Nc3cccc(C(C)N4CCN(CC(=O)NCCOC)CC4)c3)n2)cn1. The molecule has 0 spiro atoms. The fraction of sp³-hybridized carbons (Fsp3) is 0.429. The number of aromatic nitrogens is 3. The van der Waals surface area contributed by atoms with Gasteiger partial charge >= 0.3 is 0 Å². The molecular weight excluding hydrogens is 480 g/mol. The Bertz CT molecular complexity index is 1170. The normalized spacial score (nSPS) is 15.1. The molecule has 0 bridgehead atoms. The number of nitrogens with zero attached hydrogens (tertiary/aromatic N) is 5. The number of carbonyl (C=O) groups excluding carboxylic acids is 1. The van der Waals surface area contributed by atoms with Crippen LogP contribution in [-0.4, -0.2) is 90.2 Å². The molecule has 1 aliphatic heterocycles. The first-order valence-electron chi connectivity index (χ1n) is 13.2. The van der Waals surface area contributed by atoms with Gasteiger partial charge < -0.3 is 20.7 Å². The van der Waals surface area contributed by atoms with Gasteiger partial charge in [0.2, 0.25) is 11.9 Å². The van der Waals surface area contributed by atoms with Crippen molar-refractivity contribution in [2.24, 2.45) is 0 Å². The lowest BCUT2D eigenvalue weighted by Crippen LogP contribution is -2.50.